The summed E-state index contributed by atoms with van der Waals surface area (Å²) in [5.41, 5.74) is 15.8. The van der Waals surface area contributed by atoms with Crippen molar-refractivity contribution in [2.24, 2.45) is 5.92 Å². The molecule has 1 saturated carbocycles. The molecule has 3 fully saturated rings. The first-order valence-corrected chi connectivity index (χ1v) is 15.1. The third kappa shape index (κ3) is 5.93. The highest BCUT2D eigenvalue weighted by atomic mass is 16.8. The number of nitrogens with zero attached hydrogens (tertiary/aromatic N) is 5. The van der Waals surface area contributed by atoms with E-state index < -0.39 is 12.0 Å². The van der Waals surface area contributed by atoms with Crippen LogP contribution in [0.15, 0.2) is 30.9 Å². The van der Waals surface area contributed by atoms with Gasteiger partial charge in [-0.25, -0.2) is 15.0 Å². The number of carbonyl (C=O) groups is 1. The van der Waals surface area contributed by atoms with Crippen molar-refractivity contribution in [3.63, 3.8) is 0 Å². The third-order valence-electron chi connectivity index (χ3n) is 9.06. The van der Waals surface area contributed by atoms with E-state index in [2.05, 4.69) is 53.0 Å². The van der Waals surface area contributed by atoms with E-state index in [9.17, 15) is 4.79 Å². The van der Waals surface area contributed by atoms with E-state index in [4.69, 9.17) is 25.7 Å². The van der Waals surface area contributed by atoms with Crippen molar-refractivity contribution in [1.82, 2.24) is 24.4 Å². The molecule has 12 heteroatoms. The lowest BCUT2D eigenvalue weighted by atomic mass is 9.76. The van der Waals surface area contributed by atoms with Gasteiger partial charge in [-0.1, -0.05) is 26.8 Å². The van der Waals surface area contributed by atoms with Crippen LogP contribution in [0.4, 0.5) is 17.2 Å². The Bertz CT molecular complexity index is 1490. The Kier molecular flexibility index (Phi) is 7.60. The lowest BCUT2D eigenvalue weighted by Gasteiger charge is -2.42. The van der Waals surface area contributed by atoms with Crippen LogP contribution < -0.4 is 16.8 Å². The Balaban J connectivity index is 1.01. The highest BCUT2D eigenvalue weighted by Crippen LogP contribution is 2.45. The molecule has 0 radical (unpaired) electrons. The van der Waals surface area contributed by atoms with Gasteiger partial charge in [-0.2, -0.15) is 0 Å². The molecule has 3 aliphatic rings. The maximum atomic E-state index is 12.7. The predicted octanol–water partition coefficient (Wildman–Crippen LogP) is 3.84. The molecule has 4 atom stereocenters. The summed E-state index contributed by atoms with van der Waals surface area (Å²) in [6.45, 7) is 11.0. The number of imidazole rings is 1. The molecule has 0 bridgehead atoms. The van der Waals surface area contributed by atoms with Crippen molar-refractivity contribution in [2.75, 3.05) is 30.4 Å². The smallest absolute Gasteiger partial charge is 0.224 e. The molecule has 43 heavy (non-hydrogen) atoms. The molecular formula is C31H44N8O4. The maximum absolute atomic E-state index is 12.7. The van der Waals surface area contributed by atoms with Gasteiger partial charge >= 0.3 is 0 Å². The average Bonchev–Trinajstić information content (AvgIpc) is 3.55. The van der Waals surface area contributed by atoms with Crippen molar-refractivity contribution < 1.29 is 19.0 Å². The first kappa shape index (κ1) is 29.7. The van der Waals surface area contributed by atoms with Crippen LogP contribution in [0.5, 0.6) is 0 Å². The first-order chi connectivity index (χ1) is 20.3. The second-order valence-corrected chi connectivity index (χ2v) is 13.8. The summed E-state index contributed by atoms with van der Waals surface area (Å²) >= 11 is 0. The quantitative estimate of drug-likeness (QED) is 0.329. The SMILES string of the molecule is CN(C[C@H]1O[C@@H](n2cnc3c(N)ncnc32)[C@@H]2OC(C)(C)O[C@@H]21)C1CC(CCC(=O)Nc2ccc(C(C)(C)C)cc2N)C1. The molecule has 1 amide bonds. The molecule has 2 aromatic heterocycles. The molecule has 232 valence electrons. The Morgan fingerprint density at radius 1 is 1.14 bits per heavy atom. The fourth-order valence-corrected chi connectivity index (χ4v) is 6.51. The maximum Gasteiger partial charge on any atom is 0.224 e. The van der Waals surface area contributed by atoms with Gasteiger partial charge in [0.05, 0.1) is 17.7 Å². The molecule has 4 heterocycles. The summed E-state index contributed by atoms with van der Waals surface area (Å²) in [4.78, 5) is 27.9. The third-order valence-corrected chi connectivity index (χ3v) is 9.06. The van der Waals surface area contributed by atoms with Crippen LogP contribution in [0.3, 0.4) is 0 Å². The fourth-order valence-electron chi connectivity index (χ4n) is 6.51. The van der Waals surface area contributed by atoms with Gasteiger partial charge in [-0.05, 0) is 69.2 Å². The Morgan fingerprint density at radius 2 is 1.88 bits per heavy atom. The van der Waals surface area contributed by atoms with E-state index in [1.54, 1.807) is 6.33 Å². The van der Waals surface area contributed by atoms with Crippen molar-refractivity contribution in [3.8, 4) is 0 Å². The van der Waals surface area contributed by atoms with Gasteiger partial charge in [-0.3, -0.25) is 9.36 Å². The van der Waals surface area contributed by atoms with Crippen molar-refractivity contribution >= 4 is 34.3 Å². The Labute approximate surface area is 252 Å². The molecule has 6 rings (SSSR count). The number of nitrogens with two attached hydrogens (primary N) is 2. The van der Waals surface area contributed by atoms with Crippen LogP contribution in [0.2, 0.25) is 0 Å². The van der Waals surface area contributed by atoms with Crippen LogP contribution in [0, 0.1) is 5.92 Å². The van der Waals surface area contributed by atoms with Gasteiger partial charge in [0, 0.05) is 19.0 Å². The van der Waals surface area contributed by atoms with E-state index in [1.807, 2.05) is 36.6 Å². The second-order valence-electron chi connectivity index (χ2n) is 13.8. The standard InChI is InChI=1S/C31H44N8O4/c1-30(2,3)18-8-9-21(20(32)13-18)37-23(40)10-7-17-11-19(12-17)38(6)14-22-25-26(43-31(4,5)42-25)29(41-22)39-16-36-24-27(33)34-15-35-28(24)39/h8-9,13,15-17,19,22,25-26,29H,7,10-12,14,32H2,1-6H3,(H,37,40)(H2,33,34,35)/t17?,19?,22-,25-,26-,29-/m1/s1. The number of hydrogen-bond acceptors (Lipinski definition) is 10. The largest absolute Gasteiger partial charge is 0.397 e. The molecule has 1 aromatic carbocycles. The molecule has 12 nitrogen and oxygen atoms in total. The summed E-state index contributed by atoms with van der Waals surface area (Å²) in [5.74, 6) is 0.120. The van der Waals surface area contributed by atoms with Gasteiger partial charge in [0.15, 0.2) is 23.5 Å². The summed E-state index contributed by atoms with van der Waals surface area (Å²) < 4.78 is 21.1. The minimum Gasteiger partial charge on any atom is -0.397 e. The molecular weight excluding hydrogens is 548 g/mol. The molecule has 1 aliphatic carbocycles. The van der Waals surface area contributed by atoms with Gasteiger partial charge in [0.25, 0.3) is 0 Å². The number of anilines is 3. The monoisotopic (exact) mass is 592 g/mol. The second kappa shape index (κ2) is 11.0. The van der Waals surface area contributed by atoms with Crippen LogP contribution >= 0.6 is 0 Å². The number of carbonyl (C=O) groups excluding carboxylic acids is 1. The summed E-state index contributed by atoms with van der Waals surface area (Å²) in [5, 5.41) is 2.99. The number of hydrogen-bond donors (Lipinski definition) is 3. The van der Waals surface area contributed by atoms with E-state index in [0.717, 1.165) is 24.8 Å². The number of fused-ring (bicyclic) bond motifs is 2. The molecule has 0 unspecified atom stereocenters. The fraction of sp³-hybridized carbons (Fsp3) is 0.613. The Morgan fingerprint density at radius 3 is 2.60 bits per heavy atom. The molecule has 2 saturated heterocycles. The van der Waals surface area contributed by atoms with Crippen molar-refractivity contribution in [3.05, 3.63) is 36.4 Å². The lowest BCUT2D eigenvalue weighted by molar-refractivity contribution is -0.198. The van der Waals surface area contributed by atoms with E-state index in [0.29, 0.717) is 53.3 Å². The number of benzene rings is 1. The van der Waals surface area contributed by atoms with Gasteiger partial charge < -0.3 is 35.9 Å². The highest BCUT2D eigenvalue weighted by Gasteiger charge is 2.56. The van der Waals surface area contributed by atoms with Crippen LogP contribution in [0.25, 0.3) is 11.2 Å². The van der Waals surface area contributed by atoms with Crippen molar-refractivity contribution in [1.29, 1.82) is 0 Å². The molecule has 2 aliphatic heterocycles. The lowest BCUT2D eigenvalue weighted by Crippen LogP contribution is -2.48. The van der Waals surface area contributed by atoms with Crippen LogP contribution in [-0.2, 0) is 24.4 Å². The normalized spacial score (nSPS) is 28.3. The highest BCUT2D eigenvalue weighted by molar-refractivity contribution is 5.93. The Hall–Kier alpha value is -3.32. The zero-order valence-corrected chi connectivity index (χ0v) is 25.9. The number of rotatable bonds is 8. The molecule has 0 spiro atoms. The van der Waals surface area contributed by atoms with Crippen LogP contribution in [-0.4, -0.2) is 74.1 Å². The number of aromatic nitrogens is 4. The van der Waals surface area contributed by atoms with Gasteiger partial charge in [0.2, 0.25) is 5.91 Å². The molecule has 3 aromatic rings. The van der Waals surface area contributed by atoms with Crippen molar-refractivity contribution in [2.45, 2.75) is 102 Å². The van der Waals surface area contributed by atoms with E-state index in [1.165, 1.54) is 6.33 Å². The molecule has 5 N–H and O–H groups in total. The first-order valence-electron chi connectivity index (χ1n) is 15.1. The number of ether oxygens (including phenoxy) is 3. The predicted molar refractivity (Wildman–Crippen MR) is 164 cm³/mol. The van der Waals surface area contributed by atoms with E-state index in [-0.39, 0.29) is 29.6 Å². The number of nitrogen functional groups attached to an aromatic ring is 2. The number of amides is 1. The summed E-state index contributed by atoms with van der Waals surface area (Å²) in [6, 6.07) is 6.31. The topological polar surface area (TPSA) is 156 Å². The van der Waals surface area contributed by atoms with Gasteiger partial charge in [-0.15, -0.1) is 0 Å². The average molecular weight is 593 g/mol. The summed E-state index contributed by atoms with van der Waals surface area (Å²) in [6.07, 6.45) is 5.34. The number of nitrogens with one attached hydrogen (secondary N) is 1. The minimum atomic E-state index is -0.722. The van der Waals surface area contributed by atoms with Crippen LogP contribution in [0.1, 0.15) is 72.1 Å². The van der Waals surface area contributed by atoms with E-state index >= 15 is 0 Å². The zero-order chi connectivity index (χ0) is 30.7. The summed E-state index contributed by atoms with van der Waals surface area (Å²) in [7, 11) is 2.13. The van der Waals surface area contributed by atoms with Gasteiger partial charge in [0.1, 0.15) is 30.2 Å². The zero-order valence-electron chi connectivity index (χ0n) is 25.9. The number of likely N-dealkylation sites (N-methyl/N-ethyl adjacent to an activating group) is 1. The minimum absolute atomic E-state index is 0.00324.